The van der Waals surface area contributed by atoms with E-state index in [1.807, 2.05) is 12.1 Å². The van der Waals surface area contributed by atoms with Crippen LogP contribution < -0.4 is 19.5 Å². The molecule has 0 bridgehead atoms. The van der Waals surface area contributed by atoms with Crippen molar-refractivity contribution in [3.63, 3.8) is 0 Å². The molecule has 1 fully saturated rings. The minimum Gasteiger partial charge on any atom is -0.490 e. The number of fused-ring (bicyclic) bond motifs is 1. The van der Waals surface area contributed by atoms with E-state index < -0.39 is 11.6 Å². The first kappa shape index (κ1) is 18.4. The van der Waals surface area contributed by atoms with E-state index >= 15 is 0 Å². The fourth-order valence-electron chi connectivity index (χ4n) is 3.34. The van der Waals surface area contributed by atoms with Crippen molar-refractivity contribution in [3.8, 4) is 17.2 Å². The topological polar surface area (TPSA) is 77.1 Å². The van der Waals surface area contributed by atoms with Crippen LogP contribution in [0.3, 0.4) is 0 Å². The molecule has 3 amide bonds. The van der Waals surface area contributed by atoms with Gasteiger partial charge in [0.05, 0.1) is 11.6 Å². The maximum atomic E-state index is 12.9. The Labute approximate surface area is 167 Å². The first-order valence-corrected chi connectivity index (χ1v) is 9.24. The van der Waals surface area contributed by atoms with Crippen LogP contribution in [0.25, 0.3) is 0 Å². The molecule has 2 aliphatic rings. The number of nitrogens with one attached hydrogen (secondary N) is 1. The third-order valence-corrected chi connectivity index (χ3v) is 5.06. The SMILES string of the molecule is CC1(Cc2ccc3c(c2)OCO3)NC(=O)N(CCOc2ccccc2Cl)C1=O. The Balaban J connectivity index is 1.40. The zero-order valence-corrected chi connectivity index (χ0v) is 16.0. The molecular formula is C20H19ClN2O5. The molecule has 2 aliphatic heterocycles. The summed E-state index contributed by atoms with van der Waals surface area (Å²) in [7, 11) is 0. The summed E-state index contributed by atoms with van der Waals surface area (Å²) < 4.78 is 16.3. The number of rotatable bonds is 6. The van der Waals surface area contributed by atoms with Crippen LogP contribution in [0.15, 0.2) is 42.5 Å². The number of carbonyl (C=O) groups is 2. The van der Waals surface area contributed by atoms with Gasteiger partial charge in [0.15, 0.2) is 11.5 Å². The number of nitrogens with zero attached hydrogens (tertiary/aromatic N) is 1. The lowest BCUT2D eigenvalue weighted by atomic mass is 9.92. The van der Waals surface area contributed by atoms with Gasteiger partial charge in [0.25, 0.3) is 5.91 Å². The number of urea groups is 1. The lowest BCUT2D eigenvalue weighted by Crippen LogP contribution is -2.46. The van der Waals surface area contributed by atoms with E-state index in [1.165, 1.54) is 4.90 Å². The molecule has 0 radical (unpaired) electrons. The molecule has 0 aromatic heterocycles. The highest BCUT2D eigenvalue weighted by Gasteiger charge is 2.47. The van der Waals surface area contributed by atoms with Crippen LogP contribution in [0.4, 0.5) is 4.79 Å². The van der Waals surface area contributed by atoms with Crippen molar-refractivity contribution >= 4 is 23.5 Å². The molecule has 7 nitrogen and oxygen atoms in total. The van der Waals surface area contributed by atoms with Crippen LogP contribution in [0.2, 0.25) is 5.02 Å². The van der Waals surface area contributed by atoms with E-state index in [0.717, 1.165) is 5.56 Å². The van der Waals surface area contributed by atoms with Gasteiger partial charge in [-0.05, 0) is 36.8 Å². The molecule has 1 N–H and O–H groups in total. The monoisotopic (exact) mass is 402 g/mol. The highest BCUT2D eigenvalue weighted by atomic mass is 35.5. The predicted octanol–water partition coefficient (Wildman–Crippen LogP) is 3.00. The van der Waals surface area contributed by atoms with Gasteiger partial charge in [-0.1, -0.05) is 29.8 Å². The molecule has 1 saturated heterocycles. The molecule has 1 unspecified atom stereocenters. The van der Waals surface area contributed by atoms with E-state index in [4.69, 9.17) is 25.8 Å². The lowest BCUT2D eigenvalue weighted by Gasteiger charge is -2.22. The largest absolute Gasteiger partial charge is 0.490 e. The van der Waals surface area contributed by atoms with Gasteiger partial charge >= 0.3 is 6.03 Å². The second-order valence-electron chi connectivity index (χ2n) is 6.86. The summed E-state index contributed by atoms with van der Waals surface area (Å²) in [5.41, 5.74) is -0.163. The van der Waals surface area contributed by atoms with Gasteiger partial charge in [0.2, 0.25) is 6.79 Å². The highest BCUT2D eigenvalue weighted by molar-refractivity contribution is 6.32. The summed E-state index contributed by atoms with van der Waals surface area (Å²) in [6, 6.07) is 12.1. The number of amides is 3. The fourth-order valence-corrected chi connectivity index (χ4v) is 3.53. The smallest absolute Gasteiger partial charge is 0.325 e. The van der Waals surface area contributed by atoms with Crippen LogP contribution in [0.1, 0.15) is 12.5 Å². The van der Waals surface area contributed by atoms with E-state index in [9.17, 15) is 9.59 Å². The van der Waals surface area contributed by atoms with Crippen molar-refractivity contribution in [3.05, 3.63) is 53.1 Å². The van der Waals surface area contributed by atoms with Crippen molar-refractivity contribution < 1.29 is 23.8 Å². The number of benzene rings is 2. The molecule has 0 aliphatic carbocycles. The first-order valence-electron chi connectivity index (χ1n) is 8.86. The third kappa shape index (κ3) is 3.45. The molecule has 4 rings (SSSR count). The number of hydrogen-bond donors (Lipinski definition) is 1. The molecule has 28 heavy (non-hydrogen) atoms. The Hall–Kier alpha value is -2.93. The fraction of sp³-hybridized carbons (Fsp3) is 0.300. The summed E-state index contributed by atoms with van der Waals surface area (Å²) in [6.45, 7) is 2.19. The van der Waals surface area contributed by atoms with Crippen LogP contribution in [-0.4, -0.2) is 42.3 Å². The Morgan fingerprint density at radius 3 is 2.79 bits per heavy atom. The molecule has 2 aromatic rings. The molecule has 2 heterocycles. The second-order valence-corrected chi connectivity index (χ2v) is 7.27. The number of halogens is 1. The summed E-state index contributed by atoms with van der Waals surface area (Å²) in [5.74, 6) is 1.54. The normalized spacial score (nSPS) is 20.4. The predicted molar refractivity (Wildman–Crippen MR) is 102 cm³/mol. The van der Waals surface area contributed by atoms with Gasteiger partial charge in [-0.3, -0.25) is 9.69 Å². The maximum absolute atomic E-state index is 12.9. The number of imide groups is 1. The molecule has 1 atom stereocenters. The number of ether oxygens (including phenoxy) is 3. The van der Waals surface area contributed by atoms with Crippen LogP contribution >= 0.6 is 11.6 Å². The molecule has 8 heteroatoms. The molecular weight excluding hydrogens is 384 g/mol. The van der Waals surface area contributed by atoms with E-state index in [-0.39, 0.29) is 25.9 Å². The van der Waals surface area contributed by atoms with Gasteiger partial charge < -0.3 is 19.5 Å². The first-order chi connectivity index (χ1) is 13.5. The van der Waals surface area contributed by atoms with Crippen molar-refractivity contribution in [2.24, 2.45) is 0 Å². The van der Waals surface area contributed by atoms with Crippen molar-refractivity contribution in [1.82, 2.24) is 10.2 Å². The van der Waals surface area contributed by atoms with Crippen LogP contribution in [0, 0.1) is 0 Å². The van der Waals surface area contributed by atoms with Crippen molar-refractivity contribution in [2.45, 2.75) is 18.9 Å². The Morgan fingerprint density at radius 1 is 1.18 bits per heavy atom. The Kier molecular flexibility index (Phi) is 4.77. The summed E-state index contributed by atoms with van der Waals surface area (Å²) in [6.07, 6.45) is 0.343. The van der Waals surface area contributed by atoms with Gasteiger partial charge in [0.1, 0.15) is 17.9 Å². The second kappa shape index (κ2) is 7.24. The minimum absolute atomic E-state index is 0.132. The van der Waals surface area contributed by atoms with Crippen molar-refractivity contribution in [1.29, 1.82) is 0 Å². The third-order valence-electron chi connectivity index (χ3n) is 4.75. The standard InChI is InChI=1S/C20H19ClN2O5/c1-20(11-13-6-7-16-17(10-13)28-12-27-16)18(24)23(19(25)22-20)8-9-26-15-5-3-2-4-14(15)21/h2-7,10H,8-9,11-12H2,1H3,(H,22,25). The average molecular weight is 403 g/mol. The zero-order valence-electron chi connectivity index (χ0n) is 15.2. The zero-order chi connectivity index (χ0) is 19.7. The van der Waals surface area contributed by atoms with Gasteiger partial charge in [-0.25, -0.2) is 4.79 Å². The van der Waals surface area contributed by atoms with Gasteiger partial charge in [-0.2, -0.15) is 0 Å². The molecule has 2 aromatic carbocycles. The summed E-state index contributed by atoms with van der Waals surface area (Å²) >= 11 is 6.05. The van der Waals surface area contributed by atoms with Crippen molar-refractivity contribution in [2.75, 3.05) is 19.9 Å². The Morgan fingerprint density at radius 2 is 1.96 bits per heavy atom. The lowest BCUT2D eigenvalue weighted by molar-refractivity contribution is -0.131. The van der Waals surface area contributed by atoms with Gasteiger partial charge in [0, 0.05) is 6.42 Å². The van der Waals surface area contributed by atoms with E-state index in [2.05, 4.69) is 5.32 Å². The quantitative estimate of drug-likeness (QED) is 0.751. The maximum Gasteiger partial charge on any atom is 0.325 e. The molecule has 146 valence electrons. The number of hydrogen-bond acceptors (Lipinski definition) is 5. The van der Waals surface area contributed by atoms with Gasteiger partial charge in [-0.15, -0.1) is 0 Å². The minimum atomic E-state index is -1.03. The van der Waals surface area contributed by atoms with E-state index in [1.54, 1.807) is 37.3 Å². The van der Waals surface area contributed by atoms with E-state index in [0.29, 0.717) is 28.7 Å². The molecule has 0 spiro atoms. The highest BCUT2D eigenvalue weighted by Crippen LogP contribution is 2.34. The van der Waals surface area contributed by atoms with Crippen LogP contribution in [0.5, 0.6) is 17.2 Å². The average Bonchev–Trinajstić information content (AvgIpc) is 3.20. The molecule has 0 saturated carbocycles. The number of para-hydroxylation sites is 1. The summed E-state index contributed by atoms with van der Waals surface area (Å²) in [5, 5.41) is 3.27. The summed E-state index contributed by atoms with van der Waals surface area (Å²) in [4.78, 5) is 26.4. The number of carbonyl (C=O) groups excluding carboxylic acids is 2. The Bertz CT molecular complexity index is 935. The van der Waals surface area contributed by atoms with Crippen LogP contribution in [-0.2, 0) is 11.2 Å².